The van der Waals surface area contributed by atoms with E-state index >= 15 is 0 Å². The molecule has 1 amide bonds. The van der Waals surface area contributed by atoms with Crippen LogP contribution in [-0.2, 0) is 9.47 Å². The van der Waals surface area contributed by atoms with Gasteiger partial charge in [-0.2, -0.15) is 0 Å². The van der Waals surface area contributed by atoms with Crippen LogP contribution in [0.1, 0.15) is 41.0 Å². The average molecular weight is 272 g/mol. The molecule has 5 heteroatoms. The third kappa shape index (κ3) is 6.25. The highest BCUT2D eigenvalue weighted by Gasteiger charge is 2.24. The molecule has 0 bridgehead atoms. The van der Waals surface area contributed by atoms with Crippen LogP contribution in [-0.4, -0.2) is 55.0 Å². The maximum Gasteiger partial charge on any atom is 0.410 e. The number of nitrogens with one attached hydrogen (secondary N) is 1. The largest absolute Gasteiger partial charge is 0.444 e. The third-order valence-corrected chi connectivity index (χ3v) is 2.97. The molecular weight excluding hydrogens is 244 g/mol. The van der Waals surface area contributed by atoms with Crippen LogP contribution in [0.3, 0.4) is 0 Å². The van der Waals surface area contributed by atoms with Gasteiger partial charge in [0.2, 0.25) is 0 Å². The second-order valence-electron chi connectivity index (χ2n) is 6.28. The number of carbonyl (C=O) groups excluding carboxylic acids is 1. The molecular formula is C14H28N2O3. The quantitative estimate of drug-likeness (QED) is 0.832. The summed E-state index contributed by atoms with van der Waals surface area (Å²) in [5.74, 6) is 0. The van der Waals surface area contributed by atoms with E-state index in [-0.39, 0.29) is 12.1 Å². The van der Waals surface area contributed by atoms with E-state index < -0.39 is 5.60 Å². The Bertz CT molecular complexity index is 281. The molecule has 19 heavy (non-hydrogen) atoms. The lowest BCUT2D eigenvalue weighted by atomic mass is 10.2. The summed E-state index contributed by atoms with van der Waals surface area (Å²) in [6.45, 7) is 12.7. The molecule has 112 valence electrons. The Morgan fingerprint density at radius 1 is 1.47 bits per heavy atom. The first-order valence-corrected chi connectivity index (χ1v) is 7.10. The van der Waals surface area contributed by atoms with E-state index in [1.54, 1.807) is 4.90 Å². The van der Waals surface area contributed by atoms with E-state index in [1.165, 1.54) is 0 Å². The summed E-state index contributed by atoms with van der Waals surface area (Å²) >= 11 is 0. The van der Waals surface area contributed by atoms with Crippen molar-refractivity contribution in [3.8, 4) is 0 Å². The van der Waals surface area contributed by atoms with Gasteiger partial charge in [0.1, 0.15) is 5.60 Å². The minimum absolute atomic E-state index is 0.136. The van der Waals surface area contributed by atoms with E-state index in [9.17, 15) is 4.79 Å². The second kappa shape index (κ2) is 7.10. The van der Waals surface area contributed by atoms with E-state index in [0.717, 1.165) is 26.2 Å². The molecule has 1 aliphatic heterocycles. The summed E-state index contributed by atoms with van der Waals surface area (Å²) in [6, 6.07) is 0.559. The number of carbonyl (C=O) groups is 1. The smallest absolute Gasteiger partial charge is 0.410 e. The van der Waals surface area contributed by atoms with Crippen LogP contribution in [0.5, 0.6) is 0 Å². The summed E-state index contributed by atoms with van der Waals surface area (Å²) in [5, 5.41) is 3.41. The minimum Gasteiger partial charge on any atom is -0.444 e. The predicted octanol–water partition coefficient (Wildman–Crippen LogP) is 2.01. The summed E-state index contributed by atoms with van der Waals surface area (Å²) in [7, 11) is 0. The van der Waals surface area contributed by atoms with Crippen LogP contribution >= 0.6 is 0 Å². The molecule has 5 nitrogen and oxygen atoms in total. The van der Waals surface area contributed by atoms with E-state index in [0.29, 0.717) is 12.6 Å². The van der Waals surface area contributed by atoms with Crippen LogP contribution in [0.2, 0.25) is 0 Å². The van der Waals surface area contributed by atoms with Gasteiger partial charge in [0.05, 0.1) is 6.61 Å². The molecule has 1 heterocycles. The summed E-state index contributed by atoms with van der Waals surface area (Å²) in [4.78, 5) is 13.8. The fourth-order valence-corrected chi connectivity index (χ4v) is 1.97. The SMILES string of the molecule is CC(C)N(CCNC1CCOC1)C(=O)OC(C)(C)C. The number of ether oxygens (including phenoxy) is 2. The first-order valence-electron chi connectivity index (χ1n) is 7.10. The average Bonchev–Trinajstić information content (AvgIpc) is 2.73. The van der Waals surface area contributed by atoms with Crippen LogP contribution < -0.4 is 5.32 Å². The van der Waals surface area contributed by atoms with Crippen LogP contribution in [0.15, 0.2) is 0 Å². The van der Waals surface area contributed by atoms with Crippen molar-refractivity contribution in [3.63, 3.8) is 0 Å². The molecule has 1 saturated heterocycles. The first kappa shape index (κ1) is 16.2. The van der Waals surface area contributed by atoms with Crippen molar-refractivity contribution in [2.45, 2.75) is 58.7 Å². The number of hydrogen-bond acceptors (Lipinski definition) is 4. The third-order valence-electron chi connectivity index (χ3n) is 2.97. The highest BCUT2D eigenvalue weighted by molar-refractivity contribution is 5.68. The molecule has 0 radical (unpaired) electrons. The van der Waals surface area contributed by atoms with Gasteiger partial charge >= 0.3 is 6.09 Å². The van der Waals surface area contributed by atoms with Crippen molar-refractivity contribution < 1.29 is 14.3 Å². The van der Waals surface area contributed by atoms with Gasteiger partial charge in [0.25, 0.3) is 0 Å². The summed E-state index contributed by atoms with van der Waals surface area (Å²) < 4.78 is 10.7. The van der Waals surface area contributed by atoms with Gasteiger partial charge in [-0.05, 0) is 41.0 Å². The Balaban J connectivity index is 2.37. The van der Waals surface area contributed by atoms with Crippen LogP contribution in [0, 0.1) is 0 Å². The van der Waals surface area contributed by atoms with Gasteiger partial charge < -0.3 is 19.7 Å². The molecule has 0 aliphatic carbocycles. The van der Waals surface area contributed by atoms with E-state index in [4.69, 9.17) is 9.47 Å². The van der Waals surface area contributed by atoms with Gasteiger partial charge in [-0.3, -0.25) is 0 Å². The maximum atomic E-state index is 12.1. The van der Waals surface area contributed by atoms with Gasteiger partial charge in [-0.15, -0.1) is 0 Å². The fraction of sp³-hybridized carbons (Fsp3) is 0.929. The topological polar surface area (TPSA) is 50.8 Å². The van der Waals surface area contributed by atoms with Crippen molar-refractivity contribution in [3.05, 3.63) is 0 Å². The molecule has 1 N–H and O–H groups in total. The molecule has 0 saturated carbocycles. The predicted molar refractivity (Wildman–Crippen MR) is 75.3 cm³/mol. The lowest BCUT2D eigenvalue weighted by Gasteiger charge is -2.30. The zero-order chi connectivity index (χ0) is 14.5. The lowest BCUT2D eigenvalue weighted by molar-refractivity contribution is 0.0192. The fourth-order valence-electron chi connectivity index (χ4n) is 1.97. The molecule has 0 spiro atoms. The number of amides is 1. The minimum atomic E-state index is -0.447. The zero-order valence-electron chi connectivity index (χ0n) is 12.9. The normalized spacial score (nSPS) is 19.8. The number of hydrogen-bond donors (Lipinski definition) is 1. The van der Waals surface area contributed by atoms with Crippen molar-refractivity contribution >= 4 is 6.09 Å². The monoisotopic (exact) mass is 272 g/mol. The van der Waals surface area contributed by atoms with Crippen molar-refractivity contribution in [1.29, 1.82) is 0 Å². The van der Waals surface area contributed by atoms with E-state index in [1.807, 2.05) is 34.6 Å². The van der Waals surface area contributed by atoms with Gasteiger partial charge in [-0.25, -0.2) is 4.79 Å². The maximum absolute atomic E-state index is 12.1. The molecule has 0 aromatic carbocycles. The Kier molecular flexibility index (Phi) is 6.07. The van der Waals surface area contributed by atoms with E-state index in [2.05, 4.69) is 5.32 Å². The van der Waals surface area contributed by atoms with Gasteiger partial charge in [-0.1, -0.05) is 0 Å². The highest BCUT2D eigenvalue weighted by Crippen LogP contribution is 2.11. The van der Waals surface area contributed by atoms with Crippen LogP contribution in [0.25, 0.3) is 0 Å². The summed E-state index contributed by atoms with van der Waals surface area (Å²) in [6.07, 6.45) is 0.806. The number of rotatable bonds is 5. The van der Waals surface area contributed by atoms with Crippen molar-refractivity contribution in [1.82, 2.24) is 10.2 Å². The highest BCUT2D eigenvalue weighted by atomic mass is 16.6. The second-order valence-corrected chi connectivity index (χ2v) is 6.28. The van der Waals surface area contributed by atoms with Crippen molar-refractivity contribution in [2.75, 3.05) is 26.3 Å². The first-order chi connectivity index (χ1) is 8.79. The molecule has 1 atom stereocenters. The standard InChI is InChI=1S/C14H28N2O3/c1-11(2)16(13(17)19-14(3,4)5)8-7-15-12-6-9-18-10-12/h11-12,15H,6-10H2,1-5H3. The van der Waals surface area contributed by atoms with Crippen LogP contribution in [0.4, 0.5) is 4.79 Å². The molecule has 1 rings (SSSR count). The Morgan fingerprint density at radius 2 is 2.16 bits per heavy atom. The Hall–Kier alpha value is -0.810. The van der Waals surface area contributed by atoms with Gasteiger partial charge in [0, 0.05) is 31.8 Å². The summed E-state index contributed by atoms with van der Waals surface area (Å²) in [5.41, 5.74) is -0.447. The van der Waals surface area contributed by atoms with Crippen molar-refractivity contribution in [2.24, 2.45) is 0 Å². The lowest BCUT2D eigenvalue weighted by Crippen LogP contribution is -2.45. The molecule has 1 fully saturated rings. The molecule has 1 aliphatic rings. The van der Waals surface area contributed by atoms with Gasteiger partial charge in [0.15, 0.2) is 0 Å². The number of nitrogens with zero attached hydrogens (tertiary/aromatic N) is 1. The Labute approximate surface area is 116 Å². The molecule has 0 aromatic rings. The zero-order valence-corrected chi connectivity index (χ0v) is 12.9. The molecule has 0 aromatic heterocycles. The molecule has 1 unspecified atom stereocenters. The Morgan fingerprint density at radius 3 is 2.63 bits per heavy atom.